The van der Waals surface area contributed by atoms with Crippen molar-refractivity contribution in [1.29, 1.82) is 0 Å². The summed E-state index contributed by atoms with van der Waals surface area (Å²) in [7, 11) is 0. The first-order valence-electron chi connectivity index (χ1n) is 5.53. The van der Waals surface area contributed by atoms with Crippen molar-refractivity contribution in [3.63, 3.8) is 0 Å². The largest absolute Gasteiger partial charge is 0.393 e. The second-order valence-electron chi connectivity index (χ2n) is 4.32. The van der Waals surface area contributed by atoms with E-state index in [2.05, 4.69) is 20.9 Å². The number of alkyl halides is 1. The number of nitrogens with zero attached hydrogens (tertiary/aromatic N) is 1. The second-order valence-corrected chi connectivity index (χ2v) is 4.85. The lowest BCUT2D eigenvalue weighted by Gasteiger charge is -2.15. The summed E-state index contributed by atoms with van der Waals surface area (Å²) in [5.41, 5.74) is -2.83. The van der Waals surface area contributed by atoms with E-state index in [0.29, 0.717) is 0 Å². The molecule has 0 bridgehead atoms. The Hall–Kier alpha value is -1.25. The lowest BCUT2D eigenvalue weighted by Crippen LogP contribution is -2.34. The van der Waals surface area contributed by atoms with Crippen LogP contribution in [0.4, 0.5) is 4.39 Å². The number of aliphatic hydroxyl groups is 1. The fourth-order valence-corrected chi connectivity index (χ4v) is 2.15. The molecule has 6 nitrogen and oxygen atoms in total. The molecule has 1 aromatic rings. The molecule has 0 aliphatic carbocycles. The molecule has 2 heterocycles. The van der Waals surface area contributed by atoms with Crippen molar-refractivity contribution in [2.24, 2.45) is 0 Å². The van der Waals surface area contributed by atoms with Gasteiger partial charge in [0.25, 0.3) is 5.56 Å². The maximum Gasteiger partial charge on any atom is 0.330 e. The van der Waals surface area contributed by atoms with Crippen LogP contribution in [0.5, 0.6) is 0 Å². The molecule has 2 unspecified atom stereocenters. The molecule has 0 saturated carbocycles. The zero-order valence-corrected chi connectivity index (χ0v) is 11.4. The number of ether oxygens (including phenoxy) is 1. The molecule has 2 atom stereocenters. The van der Waals surface area contributed by atoms with Crippen LogP contribution in [0.2, 0.25) is 0 Å². The SMILES string of the molecule is O=c1[nH]c(=O)n(C2CC(F)(CO)CO2)cc1/C=C\Br. The Bertz CT molecular complexity index is 611. The average Bonchev–Trinajstić information content (AvgIpc) is 2.76. The second kappa shape index (κ2) is 5.40. The molecule has 104 valence electrons. The zero-order valence-electron chi connectivity index (χ0n) is 9.81. The van der Waals surface area contributed by atoms with Crippen molar-refractivity contribution < 1.29 is 14.2 Å². The number of rotatable bonds is 3. The summed E-state index contributed by atoms with van der Waals surface area (Å²) in [6.45, 7) is -0.959. The monoisotopic (exact) mass is 334 g/mol. The van der Waals surface area contributed by atoms with Gasteiger partial charge in [0.2, 0.25) is 0 Å². The molecule has 2 rings (SSSR count). The van der Waals surface area contributed by atoms with Gasteiger partial charge in [-0.2, -0.15) is 0 Å². The standard InChI is InChI=1S/C11H12BrFN2O4/c12-2-1-7-4-15(10(18)14-9(7)17)8-3-11(13,5-16)6-19-8/h1-2,4,8,16H,3,5-6H2,(H,14,17,18)/b2-1-. The van der Waals surface area contributed by atoms with E-state index >= 15 is 0 Å². The van der Waals surface area contributed by atoms with Crippen molar-refractivity contribution in [3.8, 4) is 0 Å². The van der Waals surface area contributed by atoms with E-state index in [1.54, 1.807) is 0 Å². The highest BCUT2D eigenvalue weighted by atomic mass is 79.9. The fourth-order valence-electron chi connectivity index (χ4n) is 1.87. The Morgan fingerprint density at radius 3 is 3.00 bits per heavy atom. The maximum absolute atomic E-state index is 13.9. The molecular weight excluding hydrogens is 323 g/mol. The van der Waals surface area contributed by atoms with Crippen molar-refractivity contribution in [2.45, 2.75) is 18.3 Å². The van der Waals surface area contributed by atoms with Crippen LogP contribution in [0.25, 0.3) is 6.08 Å². The first kappa shape index (κ1) is 14.2. The summed E-state index contributed by atoms with van der Waals surface area (Å²) in [5, 5.41) is 8.92. The van der Waals surface area contributed by atoms with Crippen molar-refractivity contribution >= 4 is 22.0 Å². The van der Waals surface area contributed by atoms with Gasteiger partial charge in [0.05, 0.1) is 18.8 Å². The highest BCUT2D eigenvalue weighted by Gasteiger charge is 2.41. The molecule has 1 aromatic heterocycles. The summed E-state index contributed by atoms with van der Waals surface area (Å²) in [4.78, 5) is 26.8. The molecular formula is C11H12BrFN2O4. The van der Waals surface area contributed by atoms with Crippen LogP contribution in [-0.4, -0.2) is 33.5 Å². The van der Waals surface area contributed by atoms with Crippen LogP contribution in [0.3, 0.4) is 0 Å². The minimum absolute atomic E-state index is 0.146. The van der Waals surface area contributed by atoms with E-state index in [4.69, 9.17) is 9.84 Å². The van der Waals surface area contributed by atoms with E-state index in [1.165, 1.54) is 17.3 Å². The van der Waals surface area contributed by atoms with Gasteiger partial charge in [0, 0.05) is 12.6 Å². The number of halogens is 2. The van der Waals surface area contributed by atoms with Gasteiger partial charge in [-0.05, 0) is 11.1 Å². The van der Waals surface area contributed by atoms with E-state index < -0.39 is 29.8 Å². The number of nitrogens with one attached hydrogen (secondary N) is 1. The van der Waals surface area contributed by atoms with Crippen LogP contribution >= 0.6 is 15.9 Å². The fraction of sp³-hybridized carbons (Fsp3) is 0.455. The quantitative estimate of drug-likeness (QED) is 0.844. The zero-order chi connectivity index (χ0) is 14.0. The lowest BCUT2D eigenvalue weighted by molar-refractivity contribution is 0.0272. The van der Waals surface area contributed by atoms with Crippen molar-refractivity contribution in [3.05, 3.63) is 37.6 Å². The number of H-pyrrole nitrogens is 1. The molecule has 8 heteroatoms. The topological polar surface area (TPSA) is 84.3 Å². The summed E-state index contributed by atoms with van der Waals surface area (Å²) >= 11 is 3.03. The predicted octanol–water partition coefficient (Wildman–Crippen LogP) is 0.522. The first-order chi connectivity index (χ1) is 8.99. The minimum atomic E-state index is -1.86. The number of aliphatic hydroxyl groups excluding tert-OH is 1. The molecule has 19 heavy (non-hydrogen) atoms. The number of hydrogen-bond acceptors (Lipinski definition) is 4. The minimum Gasteiger partial charge on any atom is -0.393 e. The van der Waals surface area contributed by atoms with Gasteiger partial charge in [0.1, 0.15) is 6.23 Å². The van der Waals surface area contributed by atoms with E-state index in [0.717, 1.165) is 4.57 Å². The third kappa shape index (κ3) is 2.85. The lowest BCUT2D eigenvalue weighted by atomic mass is 10.1. The smallest absolute Gasteiger partial charge is 0.330 e. The third-order valence-electron chi connectivity index (χ3n) is 2.91. The van der Waals surface area contributed by atoms with Gasteiger partial charge in [-0.25, -0.2) is 9.18 Å². The third-order valence-corrected chi connectivity index (χ3v) is 3.17. The molecule has 1 fully saturated rings. The Labute approximate surface area is 115 Å². The molecule has 1 aliphatic rings. The van der Waals surface area contributed by atoms with Crippen LogP contribution in [0.15, 0.2) is 20.8 Å². The summed E-state index contributed by atoms with van der Waals surface area (Å²) < 4.78 is 20.1. The van der Waals surface area contributed by atoms with Crippen molar-refractivity contribution in [1.82, 2.24) is 9.55 Å². The maximum atomic E-state index is 13.9. The highest BCUT2D eigenvalue weighted by molar-refractivity contribution is 9.11. The Balaban J connectivity index is 2.39. The van der Waals surface area contributed by atoms with Crippen molar-refractivity contribution in [2.75, 3.05) is 13.2 Å². The molecule has 0 amide bonds. The van der Waals surface area contributed by atoms with Gasteiger partial charge in [-0.1, -0.05) is 15.9 Å². The van der Waals surface area contributed by atoms with Crippen LogP contribution in [-0.2, 0) is 4.74 Å². The van der Waals surface area contributed by atoms with E-state index in [1.807, 2.05) is 0 Å². The Morgan fingerprint density at radius 1 is 1.68 bits per heavy atom. The average molecular weight is 335 g/mol. The molecule has 0 spiro atoms. The van der Waals surface area contributed by atoms with Crippen LogP contribution < -0.4 is 11.2 Å². The number of aromatic amines is 1. The van der Waals surface area contributed by atoms with E-state index in [-0.39, 0.29) is 18.6 Å². The first-order valence-corrected chi connectivity index (χ1v) is 6.44. The van der Waals surface area contributed by atoms with Gasteiger partial charge >= 0.3 is 5.69 Å². The van der Waals surface area contributed by atoms with Gasteiger partial charge < -0.3 is 9.84 Å². The van der Waals surface area contributed by atoms with E-state index in [9.17, 15) is 14.0 Å². The number of hydrogen-bond donors (Lipinski definition) is 2. The molecule has 0 aromatic carbocycles. The normalized spacial score (nSPS) is 27.2. The number of aromatic nitrogens is 2. The summed E-state index contributed by atoms with van der Waals surface area (Å²) in [6.07, 6.45) is 1.77. The summed E-state index contributed by atoms with van der Waals surface area (Å²) in [6, 6.07) is 0. The van der Waals surface area contributed by atoms with Crippen LogP contribution in [0.1, 0.15) is 18.2 Å². The molecule has 1 aliphatic heterocycles. The van der Waals surface area contributed by atoms with Gasteiger partial charge in [-0.15, -0.1) is 0 Å². The van der Waals surface area contributed by atoms with Crippen LogP contribution in [0, 0.1) is 0 Å². The molecule has 1 saturated heterocycles. The van der Waals surface area contributed by atoms with Gasteiger partial charge in [-0.3, -0.25) is 14.3 Å². The molecule has 2 N–H and O–H groups in total. The van der Waals surface area contributed by atoms with Gasteiger partial charge in [0.15, 0.2) is 5.67 Å². The Kier molecular flexibility index (Phi) is 4.02. The highest BCUT2D eigenvalue weighted by Crippen LogP contribution is 2.33. The Morgan fingerprint density at radius 2 is 2.42 bits per heavy atom. The summed E-state index contributed by atoms with van der Waals surface area (Å²) in [5.74, 6) is 0. The predicted molar refractivity (Wildman–Crippen MR) is 69.8 cm³/mol. The molecule has 0 radical (unpaired) electrons.